The van der Waals surface area contributed by atoms with E-state index < -0.39 is 5.92 Å². The van der Waals surface area contributed by atoms with Crippen molar-refractivity contribution in [2.24, 2.45) is 0 Å². The normalized spacial score (nSPS) is 15.6. The smallest absolute Gasteiger partial charge is 0.235 e. The van der Waals surface area contributed by atoms with Gasteiger partial charge in [-0.1, -0.05) is 36.4 Å². The molecule has 1 unspecified atom stereocenters. The summed E-state index contributed by atoms with van der Waals surface area (Å²) in [6.45, 7) is 0. The standard InChI is InChI=1S/C23H18N4O2/c1-29-20-11-12-24-16(20)8-7-15-21-17(27-23(15)28)9-10-18-22(21)26-19(13-25-18)14-5-3-2-4-6-14/h2-13,15,24H,1H3,(H,27,28)/b8-7-. The van der Waals surface area contributed by atoms with Gasteiger partial charge in [-0.25, -0.2) is 4.98 Å². The lowest BCUT2D eigenvalue weighted by molar-refractivity contribution is -0.116. The van der Waals surface area contributed by atoms with Crippen LogP contribution in [0, 0.1) is 0 Å². The third-order valence-electron chi connectivity index (χ3n) is 5.09. The number of aromatic nitrogens is 3. The van der Waals surface area contributed by atoms with Crippen molar-refractivity contribution < 1.29 is 9.53 Å². The van der Waals surface area contributed by atoms with Crippen LogP contribution in [0.1, 0.15) is 17.2 Å². The van der Waals surface area contributed by atoms with Gasteiger partial charge in [0.25, 0.3) is 0 Å². The number of benzene rings is 2. The second-order valence-corrected chi connectivity index (χ2v) is 6.80. The first kappa shape index (κ1) is 17.2. The Balaban J connectivity index is 1.62. The number of nitrogens with one attached hydrogen (secondary N) is 2. The molecule has 5 rings (SSSR count). The number of amides is 1. The summed E-state index contributed by atoms with van der Waals surface area (Å²) in [5.74, 6) is 0.187. The van der Waals surface area contributed by atoms with Crippen LogP contribution >= 0.6 is 0 Å². The van der Waals surface area contributed by atoms with E-state index in [1.807, 2.05) is 60.7 Å². The lowest BCUT2D eigenvalue weighted by Gasteiger charge is -2.09. The number of hydrogen-bond donors (Lipinski definition) is 2. The van der Waals surface area contributed by atoms with Crippen molar-refractivity contribution in [1.82, 2.24) is 15.0 Å². The first-order valence-corrected chi connectivity index (χ1v) is 9.30. The van der Waals surface area contributed by atoms with Crippen LogP contribution in [0.4, 0.5) is 5.69 Å². The van der Waals surface area contributed by atoms with Crippen molar-refractivity contribution in [2.75, 3.05) is 12.4 Å². The minimum atomic E-state index is -0.456. The predicted molar refractivity (Wildman–Crippen MR) is 113 cm³/mol. The van der Waals surface area contributed by atoms with Gasteiger partial charge in [0.15, 0.2) is 0 Å². The minimum Gasteiger partial charge on any atom is -0.495 e. The van der Waals surface area contributed by atoms with Crippen LogP contribution in [0.5, 0.6) is 5.75 Å². The number of hydrogen-bond acceptors (Lipinski definition) is 4. The second-order valence-electron chi connectivity index (χ2n) is 6.80. The van der Waals surface area contributed by atoms with E-state index in [1.54, 1.807) is 19.5 Å². The van der Waals surface area contributed by atoms with Crippen molar-refractivity contribution in [3.8, 4) is 17.0 Å². The molecule has 2 aromatic carbocycles. The van der Waals surface area contributed by atoms with Gasteiger partial charge in [-0.15, -0.1) is 0 Å². The molecule has 1 aliphatic rings. The van der Waals surface area contributed by atoms with Crippen molar-refractivity contribution >= 4 is 28.7 Å². The molecule has 6 heteroatoms. The molecule has 0 spiro atoms. The molecule has 0 saturated heterocycles. The summed E-state index contributed by atoms with van der Waals surface area (Å²) in [6, 6.07) is 15.5. The molecule has 142 valence electrons. The molecule has 4 aromatic rings. The molecule has 0 radical (unpaired) electrons. The molecule has 2 aromatic heterocycles. The maximum absolute atomic E-state index is 12.7. The number of carbonyl (C=O) groups excluding carboxylic acids is 1. The van der Waals surface area contributed by atoms with E-state index in [4.69, 9.17) is 9.72 Å². The number of fused-ring (bicyclic) bond motifs is 3. The molecule has 3 heterocycles. The number of H-pyrrole nitrogens is 1. The quantitative estimate of drug-likeness (QED) is 0.549. The molecular formula is C23H18N4O2. The highest BCUT2D eigenvalue weighted by atomic mass is 16.5. The topological polar surface area (TPSA) is 79.9 Å². The van der Waals surface area contributed by atoms with Gasteiger partial charge in [-0.3, -0.25) is 9.78 Å². The van der Waals surface area contributed by atoms with Crippen molar-refractivity contribution in [3.63, 3.8) is 0 Å². The Kier molecular flexibility index (Phi) is 4.09. The summed E-state index contributed by atoms with van der Waals surface area (Å²) >= 11 is 0. The van der Waals surface area contributed by atoms with Crippen molar-refractivity contribution in [1.29, 1.82) is 0 Å². The number of anilines is 1. The van der Waals surface area contributed by atoms with E-state index in [9.17, 15) is 4.79 Å². The van der Waals surface area contributed by atoms with Crippen LogP contribution in [-0.4, -0.2) is 28.0 Å². The number of rotatable bonds is 4. The highest BCUT2D eigenvalue weighted by molar-refractivity contribution is 6.09. The SMILES string of the molecule is COc1cc[nH]c1/C=C\C1C(=O)Nc2ccc3ncc(-c4ccccc4)nc3c21. The van der Waals surface area contributed by atoms with Gasteiger partial charge in [0.2, 0.25) is 5.91 Å². The Morgan fingerprint density at radius 2 is 1.97 bits per heavy atom. The van der Waals surface area contributed by atoms with Crippen molar-refractivity contribution in [3.05, 3.63) is 78.3 Å². The van der Waals surface area contributed by atoms with Crippen LogP contribution < -0.4 is 10.1 Å². The Bertz CT molecular complexity index is 1240. The van der Waals surface area contributed by atoms with E-state index in [0.29, 0.717) is 0 Å². The average molecular weight is 382 g/mol. The number of methoxy groups -OCH3 is 1. The highest BCUT2D eigenvalue weighted by Crippen LogP contribution is 2.39. The zero-order chi connectivity index (χ0) is 19.8. The van der Waals surface area contributed by atoms with E-state index in [0.717, 1.165) is 45.0 Å². The Labute approximate surface area is 167 Å². The fraction of sp³-hybridized carbons (Fsp3) is 0.0870. The van der Waals surface area contributed by atoms with E-state index in [1.165, 1.54) is 0 Å². The summed E-state index contributed by atoms with van der Waals surface area (Å²) in [5.41, 5.74) is 5.69. The van der Waals surface area contributed by atoms with Gasteiger partial charge in [-0.2, -0.15) is 0 Å². The third kappa shape index (κ3) is 2.95. The van der Waals surface area contributed by atoms with E-state index >= 15 is 0 Å². The summed E-state index contributed by atoms with van der Waals surface area (Å²) < 4.78 is 5.33. The number of carbonyl (C=O) groups is 1. The lowest BCUT2D eigenvalue weighted by Crippen LogP contribution is -2.10. The summed E-state index contributed by atoms with van der Waals surface area (Å²) in [4.78, 5) is 25.2. The molecule has 29 heavy (non-hydrogen) atoms. The molecule has 1 atom stereocenters. The average Bonchev–Trinajstić information content (AvgIpc) is 3.35. The number of aromatic amines is 1. The third-order valence-corrected chi connectivity index (χ3v) is 5.09. The van der Waals surface area contributed by atoms with Crippen molar-refractivity contribution in [2.45, 2.75) is 5.92 Å². The Morgan fingerprint density at radius 3 is 2.79 bits per heavy atom. The van der Waals surface area contributed by atoms with Gasteiger partial charge in [0, 0.05) is 23.0 Å². The Morgan fingerprint density at radius 1 is 1.10 bits per heavy atom. The maximum atomic E-state index is 12.7. The van der Waals surface area contributed by atoms with Crippen LogP contribution in [-0.2, 0) is 4.79 Å². The monoisotopic (exact) mass is 382 g/mol. The van der Waals surface area contributed by atoms with Gasteiger partial charge < -0.3 is 15.0 Å². The Hall–Kier alpha value is -3.93. The van der Waals surface area contributed by atoms with Gasteiger partial charge in [0.1, 0.15) is 5.75 Å². The van der Waals surface area contributed by atoms with Crippen LogP contribution in [0.3, 0.4) is 0 Å². The fourth-order valence-electron chi connectivity index (χ4n) is 3.66. The molecule has 1 aliphatic heterocycles. The maximum Gasteiger partial charge on any atom is 0.235 e. The summed E-state index contributed by atoms with van der Waals surface area (Å²) in [7, 11) is 1.62. The highest BCUT2D eigenvalue weighted by Gasteiger charge is 2.31. The fourth-order valence-corrected chi connectivity index (χ4v) is 3.66. The number of ether oxygens (including phenoxy) is 1. The van der Waals surface area contributed by atoms with Gasteiger partial charge in [0.05, 0.1) is 41.6 Å². The van der Waals surface area contributed by atoms with Crippen LogP contribution in [0.25, 0.3) is 28.4 Å². The summed E-state index contributed by atoms with van der Waals surface area (Å²) in [6.07, 6.45) is 7.30. The zero-order valence-corrected chi connectivity index (χ0v) is 15.7. The van der Waals surface area contributed by atoms with E-state index in [2.05, 4.69) is 15.3 Å². The molecule has 0 aliphatic carbocycles. The largest absolute Gasteiger partial charge is 0.495 e. The molecular weight excluding hydrogens is 364 g/mol. The molecule has 0 fully saturated rings. The zero-order valence-electron chi connectivity index (χ0n) is 15.7. The predicted octanol–water partition coefficient (Wildman–Crippen LogP) is 4.38. The lowest BCUT2D eigenvalue weighted by atomic mass is 9.97. The summed E-state index contributed by atoms with van der Waals surface area (Å²) in [5, 5.41) is 2.96. The first-order valence-electron chi connectivity index (χ1n) is 9.30. The van der Waals surface area contributed by atoms with E-state index in [-0.39, 0.29) is 5.91 Å². The molecule has 0 saturated carbocycles. The van der Waals surface area contributed by atoms with Gasteiger partial charge in [-0.05, 0) is 24.3 Å². The molecule has 1 amide bonds. The molecule has 2 N–H and O–H groups in total. The van der Waals surface area contributed by atoms with Crippen LogP contribution in [0.2, 0.25) is 0 Å². The molecule has 6 nitrogen and oxygen atoms in total. The number of nitrogens with zero attached hydrogens (tertiary/aromatic N) is 2. The first-order chi connectivity index (χ1) is 14.2. The minimum absolute atomic E-state index is 0.0822. The van der Waals surface area contributed by atoms with Crippen LogP contribution in [0.15, 0.2) is 67.0 Å². The molecule has 0 bridgehead atoms. The van der Waals surface area contributed by atoms with Gasteiger partial charge >= 0.3 is 0 Å². The second kappa shape index (κ2) is 6.91.